The Labute approximate surface area is 172 Å². The maximum absolute atomic E-state index is 5.91. The lowest BCUT2D eigenvalue weighted by atomic mass is 10.1. The van der Waals surface area contributed by atoms with Crippen LogP contribution in [0.15, 0.2) is 27.9 Å². The molecule has 0 atom stereocenters. The van der Waals surface area contributed by atoms with E-state index in [4.69, 9.17) is 42.3 Å². The zero-order chi connectivity index (χ0) is 20.3. The fourth-order valence-corrected chi connectivity index (χ4v) is 2.25. The molecule has 0 saturated carbocycles. The zero-order valence-corrected chi connectivity index (χ0v) is 18.2. The molecule has 1 aromatic rings. The summed E-state index contributed by atoms with van der Waals surface area (Å²) >= 11 is 11.2. The van der Waals surface area contributed by atoms with Gasteiger partial charge in [0.25, 0.3) is 0 Å². The Bertz CT molecular complexity index is 636. The Morgan fingerprint density at radius 3 is 2.48 bits per heavy atom. The minimum Gasteiger partial charge on any atom is -0.491 e. The molecule has 5 nitrogen and oxygen atoms in total. The molecule has 0 bridgehead atoms. The molecule has 0 N–H and O–H groups in total. The number of halogens is 2. The lowest BCUT2D eigenvalue weighted by molar-refractivity contribution is 0.000527. The molecule has 0 aliphatic heterocycles. The summed E-state index contributed by atoms with van der Waals surface area (Å²) in [4.78, 5) is 5.23. The highest BCUT2D eigenvalue weighted by atomic mass is 35.5. The number of rotatable bonds is 11. The number of oxime groups is 1. The van der Waals surface area contributed by atoms with E-state index in [1.54, 1.807) is 12.3 Å². The van der Waals surface area contributed by atoms with Crippen LogP contribution < -0.4 is 9.47 Å². The highest BCUT2D eigenvalue weighted by molar-refractivity contribution is 6.55. The predicted octanol–water partition coefficient (Wildman–Crippen LogP) is 5.45. The molecule has 0 fully saturated rings. The minimum absolute atomic E-state index is 0.192. The number of ether oxygens (including phenoxy) is 3. The Balaban J connectivity index is 2.47. The summed E-state index contributed by atoms with van der Waals surface area (Å²) < 4.78 is 17.2. The lowest BCUT2D eigenvalue weighted by Crippen LogP contribution is -2.16. The predicted molar refractivity (Wildman–Crippen MR) is 111 cm³/mol. The number of aryl methyl sites for hydroxylation is 2. The SMILES string of the molecule is CCc1cc(OCC=C(Cl)Cl)cc(C)c1OCCOCC=NOC(C)(C)C. The van der Waals surface area contributed by atoms with E-state index < -0.39 is 0 Å². The summed E-state index contributed by atoms with van der Waals surface area (Å²) in [5.74, 6) is 1.62. The first kappa shape index (κ1) is 23.6. The van der Waals surface area contributed by atoms with E-state index in [2.05, 4.69) is 12.1 Å². The fraction of sp³-hybridized carbons (Fsp3) is 0.550. The maximum atomic E-state index is 5.91. The van der Waals surface area contributed by atoms with Crippen LogP contribution >= 0.6 is 23.2 Å². The van der Waals surface area contributed by atoms with Gasteiger partial charge < -0.3 is 19.0 Å². The molecule has 0 aromatic heterocycles. The van der Waals surface area contributed by atoms with Crippen LogP contribution in [0.2, 0.25) is 0 Å². The quantitative estimate of drug-likeness (QED) is 0.272. The largest absolute Gasteiger partial charge is 0.491 e. The summed E-state index contributed by atoms with van der Waals surface area (Å²) in [5, 5.41) is 3.86. The van der Waals surface area contributed by atoms with E-state index >= 15 is 0 Å². The van der Waals surface area contributed by atoms with Crippen molar-refractivity contribution in [3.8, 4) is 11.5 Å². The molecule has 7 heteroatoms. The lowest BCUT2D eigenvalue weighted by Gasteiger charge is -2.16. The van der Waals surface area contributed by atoms with Crippen molar-refractivity contribution >= 4 is 29.4 Å². The standard InChI is InChI=1S/C20H29Cl2NO4/c1-6-16-14-17(25-9-7-18(21)22)13-15(2)19(16)26-12-11-24-10-8-23-27-20(3,4)5/h7-8,13-14H,6,9-12H2,1-5H3. The van der Waals surface area contributed by atoms with Gasteiger partial charge in [0.15, 0.2) is 0 Å². The van der Waals surface area contributed by atoms with Crippen molar-refractivity contribution in [3.63, 3.8) is 0 Å². The van der Waals surface area contributed by atoms with Gasteiger partial charge in [-0.25, -0.2) is 0 Å². The summed E-state index contributed by atoms with van der Waals surface area (Å²) in [6, 6.07) is 3.90. The smallest absolute Gasteiger partial charge is 0.129 e. The normalized spacial score (nSPS) is 11.5. The van der Waals surface area contributed by atoms with E-state index in [9.17, 15) is 0 Å². The van der Waals surface area contributed by atoms with E-state index in [0.717, 1.165) is 29.0 Å². The van der Waals surface area contributed by atoms with E-state index in [-0.39, 0.29) is 10.1 Å². The van der Waals surface area contributed by atoms with Crippen molar-refractivity contribution in [2.75, 3.05) is 26.4 Å². The van der Waals surface area contributed by atoms with E-state index in [0.29, 0.717) is 26.4 Å². The monoisotopic (exact) mass is 417 g/mol. The topological polar surface area (TPSA) is 49.3 Å². The van der Waals surface area contributed by atoms with Gasteiger partial charge in [-0.05, 0) is 63.5 Å². The van der Waals surface area contributed by atoms with Crippen molar-refractivity contribution in [2.24, 2.45) is 5.16 Å². The molecule has 0 unspecified atom stereocenters. The molecule has 0 aliphatic rings. The second-order valence-corrected chi connectivity index (χ2v) is 7.81. The van der Waals surface area contributed by atoms with Crippen molar-refractivity contribution < 1.29 is 19.0 Å². The van der Waals surface area contributed by atoms with Gasteiger partial charge in [-0.3, -0.25) is 0 Å². The minimum atomic E-state index is -0.296. The van der Waals surface area contributed by atoms with Crippen molar-refractivity contribution in [3.05, 3.63) is 33.8 Å². The van der Waals surface area contributed by atoms with Crippen LogP contribution in [0, 0.1) is 6.92 Å². The molecule has 0 aliphatic carbocycles. The van der Waals surface area contributed by atoms with Gasteiger partial charge in [0, 0.05) is 0 Å². The average molecular weight is 418 g/mol. The Morgan fingerprint density at radius 2 is 1.85 bits per heavy atom. The van der Waals surface area contributed by atoms with Crippen molar-refractivity contribution in [1.29, 1.82) is 0 Å². The molecule has 0 amide bonds. The van der Waals surface area contributed by atoms with Gasteiger partial charge in [-0.2, -0.15) is 0 Å². The third kappa shape index (κ3) is 10.5. The van der Waals surface area contributed by atoms with Crippen molar-refractivity contribution in [1.82, 2.24) is 0 Å². The molecular weight excluding hydrogens is 389 g/mol. The first-order valence-corrected chi connectivity index (χ1v) is 9.66. The van der Waals surface area contributed by atoms with Crippen LogP contribution in [-0.4, -0.2) is 38.2 Å². The summed E-state index contributed by atoms with van der Waals surface area (Å²) in [7, 11) is 0. The Hall–Kier alpha value is -1.43. The van der Waals surface area contributed by atoms with E-state index in [1.165, 1.54) is 0 Å². The molecule has 1 rings (SSSR count). The van der Waals surface area contributed by atoms with Crippen LogP contribution in [0.1, 0.15) is 38.8 Å². The van der Waals surface area contributed by atoms with Gasteiger partial charge >= 0.3 is 0 Å². The molecule has 1 aromatic carbocycles. The highest BCUT2D eigenvalue weighted by Crippen LogP contribution is 2.29. The second kappa shape index (κ2) is 12.1. The number of hydrogen-bond donors (Lipinski definition) is 0. The summed E-state index contributed by atoms with van der Waals surface area (Å²) in [5.41, 5.74) is 1.78. The summed E-state index contributed by atoms with van der Waals surface area (Å²) in [6.07, 6.45) is 4.03. The van der Waals surface area contributed by atoms with Gasteiger partial charge in [-0.15, -0.1) is 0 Å². The fourth-order valence-electron chi connectivity index (χ4n) is 2.13. The average Bonchev–Trinajstić information content (AvgIpc) is 2.57. The number of benzene rings is 1. The zero-order valence-electron chi connectivity index (χ0n) is 16.7. The van der Waals surface area contributed by atoms with Gasteiger partial charge in [0.1, 0.15) is 34.8 Å². The number of hydrogen-bond acceptors (Lipinski definition) is 5. The van der Waals surface area contributed by atoms with Gasteiger partial charge in [0.05, 0.1) is 19.4 Å². The third-order valence-electron chi connectivity index (χ3n) is 3.26. The first-order chi connectivity index (χ1) is 12.7. The van der Waals surface area contributed by atoms with Crippen LogP contribution in [0.3, 0.4) is 0 Å². The third-order valence-corrected chi connectivity index (χ3v) is 3.57. The first-order valence-electron chi connectivity index (χ1n) is 8.91. The second-order valence-electron chi connectivity index (χ2n) is 6.80. The van der Waals surface area contributed by atoms with Crippen LogP contribution in [0.5, 0.6) is 11.5 Å². The van der Waals surface area contributed by atoms with Gasteiger partial charge in [0.2, 0.25) is 0 Å². The van der Waals surface area contributed by atoms with Gasteiger partial charge in [-0.1, -0.05) is 35.3 Å². The molecule has 0 heterocycles. The van der Waals surface area contributed by atoms with E-state index in [1.807, 2.05) is 39.8 Å². The molecule has 0 radical (unpaired) electrons. The van der Waals surface area contributed by atoms with Crippen molar-refractivity contribution in [2.45, 2.75) is 46.6 Å². The maximum Gasteiger partial charge on any atom is 0.129 e. The molecular formula is C20H29Cl2NO4. The molecule has 0 saturated heterocycles. The Morgan fingerprint density at radius 1 is 1.11 bits per heavy atom. The van der Waals surface area contributed by atoms with Crippen LogP contribution in [0.4, 0.5) is 0 Å². The van der Waals surface area contributed by atoms with Crippen LogP contribution in [0.25, 0.3) is 0 Å². The highest BCUT2D eigenvalue weighted by Gasteiger charge is 2.10. The van der Waals surface area contributed by atoms with Crippen LogP contribution in [-0.2, 0) is 16.0 Å². The molecule has 27 heavy (non-hydrogen) atoms. The Kier molecular flexibility index (Phi) is 10.6. The molecule has 0 spiro atoms. The number of nitrogens with zero attached hydrogens (tertiary/aromatic N) is 1. The molecule has 152 valence electrons. The summed E-state index contributed by atoms with van der Waals surface area (Å²) in [6.45, 7) is 11.5.